The minimum absolute atomic E-state index is 0.282. The van der Waals surface area contributed by atoms with Gasteiger partial charge in [0.15, 0.2) is 13.2 Å². The van der Waals surface area contributed by atoms with Crippen molar-refractivity contribution in [1.82, 2.24) is 0 Å². The number of benzene rings is 2. The van der Waals surface area contributed by atoms with E-state index in [0.717, 1.165) is 4.47 Å². The number of rotatable bonds is 6. The molecule has 2 rings (SSSR count). The van der Waals surface area contributed by atoms with Crippen LogP contribution >= 0.6 is 27.5 Å². The number of esters is 1. The van der Waals surface area contributed by atoms with Gasteiger partial charge in [-0.05, 0) is 30.3 Å². The summed E-state index contributed by atoms with van der Waals surface area (Å²) in [5.41, 5.74) is 0.459. The zero-order valence-electron chi connectivity index (χ0n) is 11.9. The molecule has 0 saturated carbocycles. The summed E-state index contributed by atoms with van der Waals surface area (Å²) < 4.78 is 10.9. The van der Waals surface area contributed by atoms with Crippen LogP contribution in [-0.2, 0) is 14.3 Å². The van der Waals surface area contributed by atoms with Crippen LogP contribution < -0.4 is 10.1 Å². The van der Waals surface area contributed by atoms with E-state index in [1.165, 1.54) is 0 Å². The minimum Gasteiger partial charge on any atom is -0.482 e. The molecule has 0 unspecified atom stereocenters. The Balaban J connectivity index is 1.74. The molecule has 0 saturated heterocycles. The van der Waals surface area contributed by atoms with Gasteiger partial charge in [0.1, 0.15) is 5.75 Å². The second-order valence-electron chi connectivity index (χ2n) is 4.43. The molecule has 1 N–H and O–H groups in total. The first-order valence-electron chi connectivity index (χ1n) is 6.63. The number of hydrogen-bond donors (Lipinski definition) is 1. The molecule has 1 amide bonds. The van der Waals surface area contributed by atoms with Gasteiger partial charge >= 0.3 is 5.97 Å². The molecule has 23 heavy (non-hydrogen) atoms. The van der Waals surface area contributed by atoms with Crippen molar-refractivity contribution in [3.63, 3.8) is 0 Å². The number of halogens is 2. The highest BCUT2D eigenvalue weighted by Crippen LogP contribution is 2.20. The molecule has 0 aliphatic heterocycles. The topological polar surface area (TPSA) is 64.6 Å². The van der Waals surface area contributed by atoms with E-state index in [0.29, 0.717) is 16.5 Å². The molecule has 0 bridgehead atoms. The standard InChI is InChI=1S/C16H13BrClNO4/c17-11-4-3-5-12(8-11)22-10-16(21)23-9-15(20)19-14-7-2-1-6-13(14)18/h1-8H,9-10H2,(H,19,20). The highest BCUT2D eigenvalue weighted by Gasteiger charge is 2.10. The molecular weight excluding hydrogens is 386 g/mol. The average molecular weight is 399 g/mol. The summed E-state index contributed by atoms with van der Waals surface area (Å²) in [5.74, 6) is -0.593. The van der Waals surface area contributed by atoms with Crippen molar-refractivity contribution < 1.29 is 19.1 Å². The summed E-state index contributed by atoms with van der Waals surface area (Å²) >= 11 is 9.21. The summed E-state index contributed by atoms with van der Waals surface area (Å²) in [7, 11) is 0. The van der Waals surface area contributed by atoms with Crippen LogP contribution in [0.3, 0.4) is 0 Å². The SMILES string of the molecule is O=C(COC(=O)COc1cccc(Br)c1)Nc1ccccc1Cl. The van der Waals surface area contributed by atoms with Gasteiger partial charge in [-0.15, -0.1) is 0 Å². The lowest BCUT2D eigenvalue weighted by Gasteiger charge is -2.09. The Bertz CT molecular complexity index is 708. The van der Waals surface area contributed by atoms with Gasteiger partial charge in [0.05, 0.1) is 10.7 Å². The first-order chi connectivity index (χ1) is 11.0. The monoisotopic (exact) mass is 397 g/mol. The first-order valence-corrected chi connectivity index (χ1v) is 7.80. The van der Waals surface area contributed by atoms with Crippen molar-refractivity contribution in [2.75, 3.05) is 18.5 Å². The summed E-state index contributed by atoms with van der Waals surface area (Å²) in [6.07, 6.45) is 0. The molecular formula is C16H13BrClNO4. The number of amides is 1. The zero-order valence-corrected chi connectivity index (χ0v) is 14.3. The van der Waals surface area contributed by atoms with Gasteiger partial charge in [0.25, 0.3) is 5.91 Å². The fourth-order valence-electron chi connectivity index (χ4n) is 1.64. The fourth-order valence-corrected chi connectivity index (χ4v) is 2.20. The van der Waals surface area contributed by atoms with Gasteiger partial charge in [-0.3, -0.25) is 4.79 Å². The first kappa shape index (κ1) is 17.3. The Morgan fingerprint density at radius 2 is 1.87 bits per heavy atom. The van der Waals surface area contributed by atoms with Gasteiger partial charge in [-0.1, -0.05) is 45.7 Å². The Morgan fingerprint density at radius 1 is 1.09 bits per heavy atom. The van der Waals surface area contributed by atoms with Crippen LogP contribution in [0.4, 0.5) is 5.69 Å². The van der Waals surface area contributed by atoms with Crippen molar-refractivity contribution in [2.24, 2.45) is 0 Å². The third kappa shape index (κ3) is 5.92. The van der Waals surface area contributed by atoms with Crippen LogP contribution in [0.2, 0.25) is 5.02 Å². The predicted molar refractivity (Wildman–Crippen MR) is 90.7 cm³/mol. The van der Waals surface area contributed by atoms with Crippen molar-refractivity contribution in [1.29, 1.82) is 0 Å². The molecule has 0 aromatic heterocycles. The van der Waals surface area contributed by atoms with Crippen molar-refractivity contribution in [3.05, 3.63) is 58.0 Å². The minimum atomic E-state index is -0.640. The maximum atomic E-state index is 11.7. The Hall–Kier alpha value is -2.05. The lowest BCUT2D eigenvalue weighted by molar-refractivity contribution is -0.149. The van der Waals surface area contributed by atoms with E-state index in [2.05, 4.69) is 21.2 Å². The predicted octanol–water partition coefficient (Wildman–Crippen LogP) is 3.66. The molecule has 120 valence electrons. The average Bonchev–Trinajstić information content (AvgIpc) is 2.53. The number of nitrogens with one attached hydrogen (secondary N) is 1. The Morgan fingerprint density at radius 3 is 2.61 bits per heavy atom. The third-order valence-electron chi connectivity index (χ3n) is 2.66. The molecule has 0 spiro atoms. The largest absolute Gasteiger partial charge is 0.482 e. The highest BCUT2D eigenvalue weighted by atomic mass is 79.9. The summed E-state index contributed by atoms with van der Waals surface area (Å²) in [5, 5.41) is 2.96. The van der Waals surface area contributed by atoms with E-state index in [9.17, 15) is 9.59 Å². The Kier molecular flexibility index (Phi) is 6.43. The van der Waals surface area contributed by atoms with E-state index in [-0.39, 0.29) is 6.61 Å². The van der Waals surface area contributed by atoms with E-state index in [1.807, 2.05) is 6.07 Å². The van der Waals surface area contributed by atoms with E-state index < -0.39 is 18.5 Å². The molecule has 0 aliphatic carbocycles. The van der Waals surface area contributed by atoms with Crippen LogP contribution in [-0.4, -0.2) is 25.1 Å². The zero-order chi connectivity index (χ0) is 16.7. The molecule has 5 nitrogen and oxygen atoms in total. The second kappa shape index (κ2) is 8.55. The van der Waals surface area contributed by atoms with Crippen LogP contribution in [0.5, 0.6) is 5.75 Å². The highest BCUT2D eigenvalue weighted by molar-refractivity contribution is 9.10. The van der Waals surface area contributed by atoms with Crippen LogP contribution in [0.25, 0.3) is 0 Å². The number of para-hydroxylation sites is 1. The normalized spacial score (nSPS) is 10.0. The molecule has 0 fully saturated rings. The molecule has 7 heteroatoms. The van der Waals surface area contributed by atoms with Crippen LogP contribution in [0.15, 0.2) is 53.0 Å². The van der Waals surface area contributed by atoms with Crippen molar-refractivity contribution in [2.45, 2.75) is 0 Å². The number of hydrogen-bond acceptors (Lipinski definition) is 4. The van der Waals surface area contributed by atoms with Gasteiger partial charge in [0, 0.05) is 4.47 Å². The Labute approximate surface area is 146 Å². The van der Waals surface area contributed by atoms with Crippen molar-refractivity contribution in [3.8, 4) is 5.75 Å². The van der Waals surface area contributed by atoms with Gasteiger partial charge < -0.3 is 14.8 Å². The van der Waals surface area contributed by atoms with Crippen LogP contribution in [0, 0.1) is 0 Å². The summed E-state index contributed by atoms with van der Waals surface area (Å²) in [6.45, 7) is -0.693. The lowest BCUT2D eigenvalue weighted by atomic mass is 10.3. The summed E-state index contributed by atoms with van der Waals surface area (Å²) in [4.78, 5) is 23.3. The van der Waals surface area contributed by atoms with Gasteiger partial charge in [-0.2, -0.15) is 0 Å². The maximum absolute atomic E-state index is 11.7. The van der Waals surface area contributed by atoms with E-state index in [4.69, 9.17) is 21.1 Å². The molecule has 0 aliphatic rings. The quantitative estimate of drug-likeness (QED) is 0.754. The van der Waals surface area contributed by atoms with Crippen molar-refractivity contribution >= 4 is 45.1 Å². The second-order valence-corrected chi connectivity index (χ2v) is 5.76. The summed E-state index contributed by atoms with van der Waals surface area (Å²) in [6, 6.07) is 13.8. The van der Waals surface area contributed by atoms with Gasteiger partial charge in [-0.25, -0.2) is 4.79 Å². The van der Waals surface area contributed by atoms with Crippen LogP contribution in [0.1, 0.15) is 0 Å². The number of ether oxygens (including phenoxy) is 2. The molecule has 2 aromatic rings. The molecule has 2 aromatic carbocycles. The molecule has 0 radical (unpaired) electrons. The fraction of sp³-hybridized carbons (Fsp3) is 0.125. The molecule has 0 atom stereocenters. The molecule has 0 heterocycles. The van der Waals surface area contributed by atoms with E-state index in [1.54, 1.807) is 42.5 Å². The number of anilines is 1. The third-order valence-corrected chi connectivity index (χ3v) is 3.49. The number of carbonyl (C=O) groups excluding carboxylic acids is 2. The number of carbonyl (C=O) groups is 2. The smallest absolute Gasteiger partial charge is 0.344 e. The lowest BCUT2D eigenvalue weighted by Crippen LogP contribution is -2.23. The van der Waals surface area contributed by atoms with E-state index >= 15 is 0 Å². The maximum Gasteiger partial charge on any atom is 0.344 e. The van der Waals surface area contributed by atoms with Gasteiger partial charge in [0.2, 0.25) is 0 Å².